The molecule has 0 bridgehead atoms. The van der Waals surface area contributed by atoms with Crippen LogP contribution in [0.15, 0.2) is 12.1 Å². The Morgan fingerprint density at radius 3 is 2.24 bits per heavy atom. The molecule has 3 nitrogen and oxygen atoms in total. The zero-order valence-corrected chi connectivity index (χ0v) is 10.7. The molecular weight excluding hydrogens is 216 g/mol. The van der Waals surface area contributed by atoms with Crippen LogP contribution in [-0.4, -0.2) is 20.0 Å². The fraction of sp³-hybridized carbons (Fsp3) is 0.500. The molecule has 1 fully saturated rings. The largest absolute Gasteiger partial charge is 0.493 e. The van der Waals surface area contributed by atoms with Gasteiger partial charge >= 0.3 is 0 Å². The summed E-state index contributed by atoms with van der Waals surface area (Å²) in [5, 5.41) is 0. The van der Waals surface area contributed by atoms with Crippen LogP contribution < -0.4 is 9.47 Å². The number of ketones is 1. The molecule has 2 rings (SSSR count). The van der Waals surface area contributed by atoms with Gasteiger partial charge in [-0.3, -0.25) is 4.79 Å². The van der Waals surface area contributed by atoms with Crippen molar-refractivity contribution in [2.75, 3.05) is 14.2 Å². The SMILES string of the molecule is COc1cc(C)c(C2CC(=O)C2C)cc1OC. The van der Waals surface area contributed by atoms with Gasteiger partial charge in [-0.15, -0.1) is 0 Å². The molecule has 2 unspecified atom stereocenters. The van der Waals surface area contributed by atoms with Gasteiger partial charge in [-0.25, -0.2) is 0 Å². The minimum atomic E-state index is 0.131. The highest BCUT2D eigenvalue weighted by Crippen LogP contribution is 2.43. The Balaban J connectivity index is 2.38. The van der Waals surface area contributed by atoms with Gasteiger partial charge in [0.25, 0.3) is 0 Å². The van der Waals surface area contributed by atoms with Crippen molar-refractivity contribution in [3.63, 3.8) is 0 Å². The van der Waals surface area contributed by atoms with Crippen LogP contribution in [0.2, 0.25) is 0 Å². The number of hydrogen-bond acceptors (Lipinski definition) is 3. The Kier molecular flexibility index (Phi) is 3.09. The summed E-state index contributed by atoms with van der Waals surface area (Å²) in [5.41, 5.74) is 2.36. The van der Waals surface area contributed by atoms with Crippen molar-refractivity contribution in [2.24, 2.45) is 5.92 Å². The molecule has 1 aromatic rings. The average Bonchev–Trinajstić information content (AvgIpc) is 2.35. The molecule has 17 heavy (non-hydrogen) atoms. The predicted octanol–water partition coefficient (Wildman–Crippen LogP) is 2.70. The number of ether oxygens (including phenoxy) is 2. The van der Waals surface area contributed by atoms with E-state index in [1.807, 2.05) is 26.0 Å². The number of methoxy groups -OCH3 is 2. The van der Waals surface area contributed by atoms with Crippen LogP contribution in [0, 0.1) is 12.8 Å². The Morgan fingerprint density at radius 2 is 1.76 bits per heavy atom. The van der Waals surface area contributed by atoms with Gasteiger partial charge in [0, 0.05) is 18.3 Å². The maximum Gasteiger partial charge on any atom is 0.161 e. The highest BCUT2D eigenvalue weighted by molar-refractivity contribution is 5.89. The molecule has 1 aromatic carbocycles. The maximum absolute atomic E-state index is 11.3. The van der Waals surface area contributed by atoms with Gasteiger partial charge in [-0.2, -0.15) is 0 Å². The van der Waals surface area contributed by atoms with Gasteiger partial charge in [0.05, 0.1) is 14.2 Å². The first kappa shape index (κ1) is 12.0. The first-order chi connectivity index (χ1) is 8.08. The first-order valence-corrected chi connectivity index (χ1v) is 5.83. The van der Waals surface area contributed by atoms with Crippen LogP contribution in [-0.2, 0) is 4.79 Å². The van der Waals surface area contributed by atoms with Crippen molar-refractivity contribution in [1.29, 1.82) is 0 Å². The molecule has 0 heterocycles. The van der Waals surface area contributed by atoms with E-state index in [9.17, 15) is 4.79 Å². The smallest absolute Gasteiger partial charge is 0.161 e. The molecule has 1 aliphatic carbocycles. The van der Waals surface area contributed by atoms with E-state index < -0.39 is 0 Å². The molecule has 0 N–H and O–H groups in total. The Hall–Kier alpha value is -1.51. The topological polar surface area (TPSA) is 35.5 Å². The molecule has 1 aliphatic rings. The third-order valence-electron chi connectivity index (χ3n) is 3.70. The second kappa shape index (κ2) is 4.40. The lowest BCUT2D eigenvalue weighted by Gasteiger charge is -2.34. The standard InChI is InChI=1S/C14H18O3/c1-8-5-13(16-3)14(17-4)7-10(8)11-6-12(15)9(11)2/h5,7,9,11H,6H2,1-4H3. The van der Waals surface area contributed by atoms with E-state index >= 15 is 0 Å². The minimum absolute atomic E-state index is 0.131. The van der Waals surface area contributed by atoms with E-state index in [1.54, 1.807) is 14.2 Å². The fourth-order valence-corrected chi connectivity index (χ4v) is 2.42. The van der Waals surface area contributed by atoms with E-state index in [1.165, 1.54) is 5.56 Å². The monoisotopic (exact) mass is 234 g/mol. The van der Waals surface area contributed by atoms with Crippen molar-refractivity contribution >= 4 is 5.78 Å². The van der Waals surface area contributed by atoms with E-state index in [0.29, 0.717) is 18.1 Å². The van der Waals surface area contributed by atoms with E-state index in [-0.39, 0.29) is 5.92 Å². The molecule has 0 aliphatic heterocycles. The maximum atomic E-state index is 11.3. The second-order valence-electron chi connectivity index (χ2n) is 4.63. The molecule has 2 atom stereocenters. The molecule has 1 saturated carbocycles. The average molecular weight is 234 g/mol. The summed E-state index contributed by atoms with van der Waals surface area (Å²) in [6.07, 6.45) is 0.650. The highest BCUT2D eigenvalue weighted by Gasteiger charge is 2.38. The zero-order valence-electron chi connectivity index (χ0n) is 10.7. The van der Waals surface area contributed by atoms with Gasteiger partial charge in [-0.1, -0.05) is 6.92 Å². The van der Waals surface area contributed by atoms with Crippen LogP contribution >= 0.6 is 0 Å². The predicted molar refractivity (Wildman–Crippen MR) is 65.8 cm³/mol. The van der Waals surface area contributed by atoms with Gasteiger partial charge in [0.2, 0.25) is 0 Å². The summed E-state index contributed by atoms with van der Waals surface area (Å²) in [4.78, 5) is 11.3. The number of carbonyl (C=O) groups is 1. The molecule has 0 aromatic heterocycles. The van der Waals surface area contributed by atoms with Gasteiger partial charge in [0.1, 0.15) is 5.78 Å². The molecule has 0 spiro atoms. The van der Waals surface area contributed by atoms with Crippen molar-refractivity contribution in [3.05, 3.63) is 23.3 Å². The molecule has 0 amide bonds. The van der Waals surface area contributed by atoms with Crippen LogP contribution in [0.5, 0.6) is 11.5 Å². The third-order valence-corrected chi connectivity index (χ3v) is 3.70. The Labute approximate surface area is 102 Å². The van der Waals surface area contributed by atoms with Crippen molar-refractivity contribution < 1.29 is 14.3 Å². The van der Waals surface area contributed by atoms with E-state index in [0.717, 1.165) is 17.1 Å². The van der Waals surface area contributed by atoms with E-state index in [2.05, 4.69) is 0 Å². The molecule has 92 valence electrons. The lowest BCUT2D eigenvalue weighted by Crippen LogP contribution is -2.33. The Bertz CT molecular complexity index is 451. The lowest BCUT2D eigenvalue weighted by atomic mass is 9.69. The summed E-state index contributed by atoms with van der Waals surface area (Å²) < 4.78 is 10.6. The molecule has 0 saturated heterocycles. The Morgan fingerprint density at radius 1 is 1.18 bits per heavy atom. The zero-order chi connectivity index (χ0) is 12.6. The minimum Gasteiger partial charge on any atom is -0.493 e. The van der Waals surface area contributed by atoms with Gasteiger partial charge in [-0.05, 0) is 30.2 Å². The first-order valence-electron chi connectivity index (χ1n) is 5.83. The summed E-state index contributed by atoms with van der Waals surface area (Å²) >= 11 is 0. The lowest BCUT2D eigenvalue weighted by molar-refractivity contribution is -0.130. The van der Waals surface area contributed by atoms with Crippen LogP contribution in [0.1, 0.15) is 30.4 Å². The van der Waals surface area contributed by atoms with Crippen molar-refractivity contribution in [3.8, 4) is 11.5 Å². The number of hydrogen-bond donors (Lipinski definition) is 0. The highest BCUT2D eigenvalue weighted by atomic mass is 16.5. The summed E-state index contributed by atoms with van der Waals surface area (Å²) in [5.74, 6) is 2.30. The fourth-order valence-electron chi connectivity index (χ4n) is 2.42. The number of rotatable bonds is 3. The third kappa shape index (κ3) is 1.90. The van der Waals surface area contributed by atoms with Crippen molar-refractivity contribution in [2.45, 2.75) is 26.2 Å². The van der Waals surface area contributed by atoms with E-state index in [4.69, 9.17) is 9.47 Å². The summed E-state index contributed by atoms with van der Waals surface area (Å²) in [7, 11) is 3.26. The second-order valence-corrected chi connectivity index (χ2v) is 4.63. The number of carbonyl (C=O) groups excluding carboxylic acids is 1. The quantitative estimate of drug-likeness (QED) is 0.806. The summed E-state index contributed by atoms with van der Waals surface area (Å²) in [6.45, 7) is 4.04. The van der Waals surface area contributed by atoms with Crippen LogP contribution in [0.4, 0.5) is 0 Å². The van der Waals surface area contributed by atoms with Crippen LogP contribution in [0.25, 0.3) is 0 Å². The molecular formula is C14H18O3. The normalized spacial score (nSPS) is 23.2. The van der Waals surface area contributed by atoms with Crippen LogP contribution in [0.3, 0.4) is 0 Å². The van der Waals surface area contributed by atoms with Gasteiger partial charge in [0.15, 0.2) is 11.5 Å². The van der Waals surface area contributed by atoms with Gasteiger partial charge < -0.3 is 9.47 Å². The number of aryl methyl sites for hydroxylation is 1. The van der Waals surface area contributed by atoms with Crippen molar-refractivity contribution in [1.82, 2.24) is 0 Å². The number of benzene rings is 1. The molecule has 3 heteroatoms. The summed E-state index contributed by atoms with van der Waals surface area (Å²) in [6, 6.07) is 3.98. The number of Topliss-reactive ketones (excluding diaryl/α,β-unsaturated/α-hetero) is 1. The molecule has 0 radical (unpaired) electrons.